The van der Waals surface area contributed by atoms with E-state index in [0.29, 0.717) is 5.41 Å². The van der Waals surface area contributed by atoms with Crippen LogP contribution in [0.4, 0.5) is 0 Å². The monoisotopic (exact) mass is 315 g/mol. The molecular formula is C22H37N. The quantitative estimate of drug-likeness (QED) is 0.584. The molecule has 1 aliphatic rings. The molecule has 130 valence electrons. The van der Waals surface area contributed by atoms with Gasteiger partial charge in [-0.25, -0.2) is 0 Å². The van der Waals surface area contributed by atoms with E-state index in [4.69, 9.17) is 0 Å². The van der Waals surface area contributed by atoms with Gasteiger partial charge >= 0.3 is 0 Å². The Hall–Kier alpha value is -0.820. The summed E-state index contributed by atoms with van der Waals surface area (Å²) in [6.45, 7) is 13.4. The van der Waals surface area contributed by atoms with Gasteiger partial charge in [-0.1, -0.05) is 64.8 Å². The van der Waals surface area contributed by atoms with Crippen LogP contribution in [0, 0.1) is 5.92 Å². The van der Waals surface area contributed by atoms with Gasteiger partial charge in [0.1, 0.15) is 0 Å². The van der Waals surface area contributed by atoms with Gasteiger partial charge in [0, 0.05) is 6.54 Å². The first-order valence-electron chi connectivity index (χ1n) is 9.89. The molecule has 0 amide bonds. The van der Waals surface area contributed by atoms with E-state index in [1.165, 1.54) is 75.7 Å². The van der Waals surface area contributed by atoms with E-state index in [-0.39, 0.29) is 0 Å². The van der Waals surface area contributed by atoms with Gasteiger partial charge in [-0.3, -0.25) is 0 Å². The summed E-state index contributed by atoms with van der Waals surface area (Å²) in [6.07, 6.45) is 9.22. The standard InChI is InChI=1S/C22H37N/c1-5-14-22(4,6-2)21-12-10-20(11-13-21)17-19(3)18-23-15-8-7-9-16-23/h10-13,19H,5-9,14-18H2,1-4H3. The van der Waals surface area contributed by atoms with E-state index >= 15 is 0 Å². The Morgan fingerprint density at radius 1 is 1.04 bits per heavy atom. The molecule has 0 radical (unpaired) electrons. The summed E-state index contributed by atoms with van der Waals surface area (Å²) in [7, 11) is 0. The summed E-state index contributed by atoms with van der Waals surface area (Å²) in [6, 6.07) is 9.54. The smallest absolute Gasteiger partial charge is 0.00102 e. The molecule has 1 aromatic carbocycles. The van der Waals surface area contributed by atoms with Gasteiger partial charge in [-0.15, -0.1) is 0 Å². The Kier molecular flexibility index (Phi) is 7.14. The van der Waals surface area contributed by atoms with E-state index < -0.39 is 0 Å². The fraction of sp³-hybridized carbons (Fsp3) is 0.727. The molecule has 0 saturated carbocycles. The van der Waals surface area contributed by atoms with Crippen LogP contribution in [0.2, 0.25) is 0 Å². The lowest BCUT2D eigenvalue weighted by atomic mass is 9.76. The largest absolute Gasteiger partial charge is 0.303 e. The Balaban J connectivity index is 1.91. The summed E-state index contributed by atoms with van der Waals surface area (Å²) < 4.78 is 0. The number of piperidine rings is 1. The molecule has 1 heterocycles. The van der Waals surface area contributed by atoms with Crippen molar-refractivity contribution in [1.29, 1.82) is 0 Å². The molecule has 0 bridgehead atoms. The van der Waals surface area contributed by atoms with Crippen LogP contribution in [0.15, 0.2) is 24.3 Å². The van der Waals surface area contributed by atoms with E-state index in [0.717, 1.165) is 5.92 Å². The zero-order valence-electron chi connectivity index (χ0n) is 15.9. The van der Waals surface area contributed by atoms with Crippen molar-refractivity contribution in [3.63, 3.8) is 0 Å². The molecule has 2 atom stereocenters. The minimum absolute atomic E-state index is 0.354. The lowest BCUT2D eigenvalue weighted by Crippen LogP contribution is -2.34. The van der Waals surface area contributed by atoms with E-state index in [2.05, 4.69) is 56.9 Å². The van der Waals surface area contributed by atoms with E-state index in [9.17, 15) is 0 Å². The first-order chi connectivity index (χ1) is 11.1. The molecular weight excluding hydrogens is 278 g/mol. The highest BCUT2D eigenvalue weighted by Gasteiger charge is 2.23. The lowest BCUT2D eigenvalue weighted by Gasteiger charge is -2.30. The molecule has 1 aromatic rings. The summed E-state index contributed by atoms with van der Waals surface area (Å²) in [5.74, 6) is 0.757. The molecule has 2 unspecified atom stereocenters. The zero-order chi connectivity index (χ0) is 16.7. The molecule has 23 heavy (non-hydrogen) atoms. The van der Waals surface area contributed by atoms with Crippen LogP contribution in [0.25, 0.3) is 0 Å². The minimum Gasteiger partial charge on any atom is -0.303 e. The normalized spacial score (nSPS) is 20.2. The number of hydrogen-bond acceptors (Lipinski definition) is 1. The van der Waals surface area contributed by atoms with Crippen LogP contribution in [-0.4, -0.2) is 24.5 Å². The maximum Gasteiger partial charge on any atom is 0.00102 e. The Morgan fingerprint density at radius 3 is 2.26 bits per heavy atom. The van der Waals surface area contributed by atoms with E-state index in [1.807, 2.05) is 0 Å². The number of hydrogen-bond donors (Lipinski definition) is 0. The average molecular weight is 316 g/mol. The number of rotatable bonds is 8. The van der Waals surface area contributed by atoms with Gasteiger partial charge in [-0.2, -0.15) is 0 Å². The van der Waals surface area contributed by atoms with Crippen molar-refractivity contribution >= 4 is 0 Å². The Bertz CT molecular complexity index is 444. The first kappa shape index (κ1) is 18.5. The molecule has 2 rings (SSSR count). The lowest BCUT2D eigenvalue weighted by molar-refractivity contribution is 0.200. The average Bonchev–Trinajstić information content (AvgIpc) is 2.56. The summed E-state index contributed by atoms with van der Waals surface area (Å²) in [4.78, 5) is 2.66. The Labute approximate surface area is 144 Å². The van der Waals surface area contributed by atoms with Crippen molar-refractivity contribution < 1.29 is 0 Å². The van der Waals surface area contributed by atoms with Crippen molar-refractivity contribution in [2.45, 2.75) is 78.1 Å². The predicted octanol–water partition coefficient (Wildman–Crippen LogP) is 5.82. The predicted molar refractivity (Wildman–Crippen MR) is 102 cm³/mol. The fourth-order valence-corrected chi connectivity index (χ4v) is 4.17. The molecule has 0 N–H and O–H groups in total. The second-order valence-electron chi connectivity index (χ2n) is 8.03. The van der Waals surface area contributed by atoms with Crippen LogP contribution in [0.3, 0.4) is 0 Å². The zero-order valence-corrected chi connectivity index (χ0v) is 15.9. The third-order valence-corrected chi connectivity index (χ3v) is 5.84. The second kappa shape index (κ2) is 8.87. The van der Waals surface area contributed by atoms with Crippen LogP contribution in [0.1, 0.15) is 77.3 Å². The SMILES string of the molecule is CCCC(C)(CC)c1ccc(CC(C)CN2CCCCC2)cc1. The van der Waals surface area contributed by atoms with E-state index in [1.54, 1.807) is 0 Å². The van der Waals surface area contributed by atoms with Crippen LogP contribution in [-0.2, 0) is 11.8 Å². The number of benzene rings is 1. The number of nitrogens with zero attached hydrogens (tertiary/aromatic N) is 1. The molecule has 1 saturated heterocycles. The molecule has 1 fully saturated rings. The highest BCUT2D eigenvalue weighted by Crippen LogP contribution is 2.32. The van der Waals surface area contributed by atoms with Gasteiger partial charge in [-0.05, 0) is 67.7 Å². The van der Waals surface area contributed by atoms with Gasteiger partial charge < -0.3 is 4.90 Å². The summed E-state index contributed by atoms with van der Waals surface area (Å²) in [5.41, 5.74) is 3.38. The maximum atomic E-state index is 2.66. The van der Waals surface area contributed by atoms with Crippen LogP contribution < -0.4 is 0 Å². The Morgan fingerprint density at radius 2 is 1.70 bits per heavy atom. The number of likely N-dealkylation sites (tertiary alicyclic amines) is 1. The highest BCUT2D eigenvalue weighted by atomic mass is 15.1. The van der Waals surface area contributed by atoms with Gasteiger partial charge in [0.15, 0.2) is 0 Å². The second-order valence-corrected chi connectivity index (χ2v) is 8.03. The van der Waals surface area contributed by atoms with Crippen molar-refractivity contribution in [2.75, 3.05) is 19.6 Å². The van der Waals surface area contributed by atoms with Crippen molar-refractivity contribution in [3.05, 3.63) is 35.4 Å². The van der Waals surface area contributed by atoms with Crippen molar-refractivity contribution in [3.8, 4) is 0 Å². The molecule has 0 aliphatic carbocycles. The molecule has 1 aliphatic heterocycles. The van der Waals surface area contributed by atoms with Gasteiger partial charge in [0.05, 0.1) is 0 Å². The van der Waals surface area contributed by atoms with Crippen LogP contribution >= 0.6 is 0 Å². The molecule has 1 heteroatoms. The summed E-state index contributed by atoms with van der Waals surface area (Å²) in [5, 5.41) is 0. The molecule has 0 spiro atoms. The third-order valence-electron chi connectivity index (χ3n) is 5.84. The first-order valence-corrected chi connectivity index (χ1v) is 9.89. The van der Waals surface area contributed by atoms with Crippen molar-refractivity contribution in [2.24, 2.45) is 5.92 Å². The maximum absolute atomic E-state index is 2.66. The van der Waals surface area contributed by atoms with Gasteiger partial charge in [0.25, 0.3) is 0 Å². The highest BCUT2D eigenvalue weighted by molar-refractivity contribution is 5.29. The topological polar surface area (TPSA) is 3.24 Å². The minimum atomic E-state index is 0.354. The molecule has 0 aromatic heterocycles. The van der Waals surface area contributed by atoms with Crippen LogP contribution in [0.5, 0.6) is 0 Å². The van der Waals surface area contributed by atoms with Crippen molar-refractivity contribution in [1.82, 2.24) is 4.90 Å². The van der Waals surface area contributed by atoms with Gasteiger partial charge in [0.2, 0.25) is 0 Å². The fourth-order valence-electron chi connectivity index (χ4n) is 4.17. The molecule has 1 nitrogen and oxygen atoms in total. The third kappa shape index (κ3) is 5.35. The summed E-state index contributed by atoms with van der Waals surface area (Å²) >= 11 is 0.